The van der Waals surface area contributed by atoms with Crippen molar-refractivity contribution in [1.29, 1.82) is 0 Å². The van der Waals surface area contributed by atoms with E-state index in [9.17, 15) is 23.1 Å². The number of alkyl halides is 2. The Morgan fingerprint density at radius 2 is 1.76 bits per heavy atom. The SMILES string of the molecule is CCOc1c2ccccc2c(OCC(F)F)c2cn(-c3ccc(CC(=O)O)cc3F)c(O)c12. The summed E-state index contributed by atoms with van der Waals surface area (Å²) in [6.07, 6.45) is -1.70. The van der Waals surface area contributed by atoms with E-state index in [4.69, 9.17) is 14.6 Å². The summed E-state index contributed by atoms with van der Waals surface area (Å²) in [5.41, 5.74) is 0.200. The van der Waals surface area contributed by atoms with Gasteiger partial charge in [-0.2, -0.15) is 0 Å². The Kier molecular flexibility index (Phi) is 6.04. The number of fused-ring (bicyclic) bond motifs is 2. The fourth-order valence-electron chi connectivity index (χ4n) is 3.86. The molecule has 4 rings (SSSR count). The maximum absolute atomic E-state index is 14.9. The number of nitrogens with zero attached hydrogens (tertiary/aromatic N) is 1. The minimum Gasteiger partial charge on any atom is -0.494 e. The van der Waals surface area contributed by atoms with Crippen LogP contribution in [0.2, 0.25) is 0 Å². The van der Waals surface area contributed by atoms with E-state index < -0.39 is 24.8 Å². The maximum Gasteiger partial charge on any atom is 0.307 e. The monoisotopic (exact) mass is 459 g/mol. The van der Waals surface area contributed by atoms with Crippen LogP contribution in [0.25, 0.3) is 27.2 Å². The molecule has 0 atom stereocenters. The molecule has 3 aromatic carbocycles. The van der Waals surface area contributed by atoms with Crippen LogP contribution >= 0.6 is 0 Å². The zero-order valence-corrected chi connectivity index (χ0v) is 17.5. The summed E-state index contributed by atoms with van der Waals surface area (Å²) in [5.74, 6) is -1.81. The molecule has 0 saturated carbocycles. The lowest BCUT2D eigenvalue weighted by molar-refractivity contribution is -0.136. The van der Waals surface area contributed by atoms with Gasteiger partial charge in [0.25, 0.3) is 6.43 Å². The van der Waals surface area contributed by atoms with E-state index in [0.717, 1.165) is 10.6 Å². The molecule has 0 fully saturated rings. The third-order valence-electron chi connectivity index (χ3n) is 5.14. The third-order valence-corrected chi connectivity index (χ3v) is 5.14. The van der Waals surface area contributed by atoms with Crippen LogP contribution in [0.5, 0.6) is 17.4 Å². The Morgan fingerprint density at radius 1 is 1.06 bits per heavy atom. The number of hydrogen-bond donors (Lipinski definition) is 2. The van der Waals surface area contributed by atoms with E-state index in [1.807, 2.05) is 0 Å². The predicted octanol–water partition coefficient (Wildman–Crippen LogP) is 5.30. The van der Waals surface area contributed by atoms with E-state index in [1.165, 1.54) is 18.3 Å². The highest BCUT2D eigenvalue weighted by molar-refractivity contribution is 6.13. The van der Waals surface area contributed by atoms with Crippen LogP contribution in [-0.4, -0.2) is 40.4 Å². The molecule has 172 valence electrons. The largest absolute Gasteiger partial charge is 0.494 e. The summed E-state index contributed by atoms with van der Waals surface area (Å²) in [7, 11) is 0. The zero-order valence-electron chi connectivity index (χ0n) is 17.5. The van der Waals surface area contributed by atoms with Gasteiger partial charge in [0.05, 0.1) is 29.5 Å². The molecule has 1 heterocycles. The van der Waals surface area contributed by atoms with E-state index in [1.54, 1.807) is 31.2 Å². The van der Waals surface area contributed by atoms with Crippen LogP contribution in [0.15, 0.2) is 48.7 Å². The molecule has 0 radical (unpaired) electrons. The molecule has 1 aromatic heterocycles. The van der Waals surface area contributed by atoms with Gasteiger partial charge in [-0.25, -0.2) is 13.2 Å². The number of aromatic hydroxyl groups is 1. The smallest absolute Gasteiger partial charge is 0.307 e. The molecule has 9 heteroatoms. The third kappa shape index (κ3) is 4.13. The van der Waals surface area contributed by atoms with Crippen LogP contribution in [-0.2, 0) is 11.2 Å². The van der Waals surface area contributed by atoms with E-state index >= 15 is 0 Å². The molecule has 0 amide bonds. The van der Waals surface area contributed by atoms with Crippen LogP contribution < -0.4 is 9.47 Å². The van der Waals surface area contributed by atoms with Crippen LogP contribution in [0.1, 0.15) is 12.5 Å². The molecular formula is C24H20F3NO5. The number of aromatic nitrogens is 1. The topological polar surface area (TPSA) is 80.9 Å². The number of carboxylic acids is 1. The van der Waals surface area contributed by atoms with Gasteiger partial charge in [-0.15, -0.1) is 0 Å². The molecule has 0 bridgehead atoms. The van der Waals surface area contributed by atoms with Crippen molar-refractivity contribution in [2.24, 2.45) is 0 Å². The summed E-state index contributed by atoms with van der Waals surface area (Å²) >= 11 is 0. The quantitative estimate of drug-likeness (QED) is 0.374. The van der Waals surface area contributed by atoms with Crippen molar-refractivity contribution in [2.75, 3.05) is 13.2 Å². The average molecular weight is 459 g/mol. The van der Waals surface area contributed by atoms with Gasteiger partial charge in [0.15, 0.2) is 0 Å². The van der Waals surface area contributed by atoms with Gasteiger partial charge >= 0.3 is 5.97 Å². The summed E-state index contributed by atoms with van der Waals surface area (Å²) < 4.78 is 53.2. The first-order valence-electron chi connectivity index (χ1n) is 10.1. The normalized spacial score (nSPS) is 11.4. The van der Waals surface area contributed by atoms with Gasteiger partial charge < -0.3 is 19.7 Å². The zero-order chi connectivity index (χ0) is 23.7. The fraction of sp³-hybridized carbons (Fsp3) is 0.208. The van der Waals surface area contributed by atoms with E-state index in [0.29, 0.717) is 16.5 Å². The number of ether oxygens (including phenoxy) is 2. The lowest BCUT2D eigenvalue weighted by Crippen LogP contribution is -2.07. The number of benzene rings is 3. The molecule has 4 aromatic rings. The van der Waals surface area contributed by atoms with Gasteiger partial charge in [0, 0.05) is 17.0 Å². The molecule has 0 unspecified atom stereocenters. The molecular weight excluding hydrogens is 439 g/mol. The van der Waals surface area contributed by atoms with Crippen LogP contribution in [0.4, 0.5) is 13.2 Å². The van der Waals surface area contributed by atoms with Crippen molar-refractivity contribution in [3.8, 4) is 23.1 Å². The molecule has 0 spiro atoms. The van der Waals surface area contributed by atoms with Gasteiger partial charge in [-0.05, 0) is 24.6 Å². The first-order chi connectivity index (χ1) is 15.8. The number of carboxylic acid groups (broad SMARTS) is 1. The second-order valence-corrected chi connectivity index (χ2v) is 7.31. The van der Waals surface area contributed by atoms with Crippen molar-refractivity contribution in [1.82, 2.24) is 4.57 Å². The number of halogens is 3. The first kappa shape index (κ1) is 22.3. The standard InChI is InChI=1S/C24H20F3NO5/c1-2-32-23-15-6-4-3-5-14(15)22(33-12-19(26)27)16-11-28(24(31)21(16)23)18-8-7-13(9-17(18)25)10-20(29)30/h3-9,11,19,31H,2,10,12H2,1H3,(H,29,30). The van der Waals surface area contributed by atoms with Gasteiger partial charge in [-0.3, -0.25) is 9.36 Å². The molecule has 2 N–H and O–H groups in total. The summed E-state index contributed by atoms with van der Waals surface area (Å²) in [5, 5.41) is 21.5. The van der Waals surface area contributed by atoms with Gasteiger partial charge in [0.2, 0.25) is 5.88 Å². The molecule has 0 aliphatic carbocycles. The molecule has 6 nitrogen and oxygen atoms in total. The maximum atomic E-state index is 14.9. The summed E-state index contributed by atoms with van der Waals surface area (Å²) in [6, 6.07) is 10.7. The molecule has 0 aliphatic heterocycles. The van der Waals surface area contributed by atoms with Crippen LogP contribution in [0, 0.1) is 5.82 Å². The number of rotatable bonds is 8. The second-order valence-electron chi connectivity index (χ2n) is 7.31. The molecule has 0 aliphatic rings. The average Bonchev–Trinajstić information content (AvgIpc) is 3.09. The minimum atomic E-state index is -2.72. The Hall–Kier alpha value is -3.88. The van der Waals surface area contributed by atoms with Crippen molar-refractivity contribution in [3.05, 3.63) is 60.0 Å². The van der Waals surface area contributed by atoms with E-state index in [-0.39, 0.29) is 46.7 Å². The highest BCUT2D eigenvalue weighted by Gasteiger charge is 2.24. The Morgan fingerprint density at radius 3 is 2.36 bits per heavy atom. The second kappa shape index (κ2) is 8.93. The minimum absolute atomic E-state index is 0.0517. The van der Waals surface area contributed by atoms with Crippen molar-refractivity contribution >= 4 is 27.5 Å². The molecule has 33 heavy (non-hydrogen) atoms. The van der Waals surface area contributed by atoms with E-state index in [2.05, 4.69) is 0 Å². The Bertz CT molecular complexity index is 1350. The number of aliphatic carboxylic acids is 1. The highest BCUT2D eigenvalue weighted by atomic mass is 19.3. The Labute approximate surface area is 186 Å². The van der Waals surface area contributed by atoms with Crippen molar-refractivity contribution in [3.63, 3.8) is 0 Å². The summed E-state index contributed by atoms with van der Waals surface area (Å²) in [6.45, 7) is 1.16. The van der Waals surface area contributed by atoms with Crippen molar-refractivity contribution < 1.29 is 37.7 Å². The highest BCUT2D eigenvalue weighted by Crippen LogP contribution is 2.48. The number of hydrogen-bond acceptors (Lipinski definition) is 4. The van der Waals surface area contributed by atoms with Gasteiger partial charge in [0.1, 0.15) is 23.9 Å². The van der Waals surface area contributed by atoms with Crippen molar-refractivity contribution in [2.45, 2.75) is 19.8 Å². The lowest BCUT2D eigenvalue weighted by atomic mass is 10.0. The fourth-order valence-corrected chi connectivity index (χ4v) is 3.86. The number of carbonyl (C=O) groups is 1. The summed E-state index contributed by atoms with van der Waals surface area (Å²) in [4.78, 5) is 10.9. The van der Waals surface area contributed by atoms with Crippen LogP contribution in [0.3, 0.4) is 0 Å². The predicted molar refractivity (Wildman–Crippen MR) is 116 cm³/mol. The Balaban J connectivity index is 2.00. The lowest BCUT2D eigenvalue weighted by Gasteiger charge is -2.15. The molecule has 0 saturated heterocycles. The first-order valence-corrected chi connectivity index (χ1v) is 10.1. The van der Waals surface area contributed by atoms with Gasteiger partial charge in [-0.1, -0.05) is 30.3 Å².